The minimum atomic E-state index is -0.470. The van der Waals surface area contributed by atoms with E-state index in [0.717, 1.165) is 25.2 Å². The Kier molecular flexibility index (Phi) is 10.1. The second-order valence-corrected chi connectivity index (χ2v) is 11.0. The number of carbonyl (C=O) groups excluding carboxylic acids is 3. The molecule has 0 bridgehead atoms. The summed E-state index contributed by atoms with van der Waals surface area (Å²) < 4.78 is 0. The molecule has 3 aliphatic rings. The first kappa shape index (κ1) is 26.0. The molecule has 0 aromatic heterocycles. The SMILES string of the molecule is CCC(C)C(NC(=O)CCC1CCCC1)C(=O)N1CCN(C(=O)CCC2CCCC2)C(C)C1. The van der Waals surface area contributed by atoms with Crippen LogP contribution in [0.5, 0.6) is 0 Å². The average molecular weight is 462 g/mol. The fourth-order valence-electron chi connectivity index (χ4n) is 6.06. The van der Waals surface area contributed by atoms with Crippen molar-refractivity contribution < 1.29 is 14.4 Å². The third-order valence-electron chi connectivity index (χ3n) is 8.55. The molecule has 2 aliphatic carbocycles. The predicted molar refractivity (Wildman–Crippen MR) is 132 cm³/mol. The predicted octanol–water partition coefficient (Wildman–Crippen LogP) is 4.52. The van der Waals surface area contributed by atoms with E-state index in [1.807, 2.05) is 23.6 Å². The van der Waals surface area contributed by atoms with Crippen molar-refractivity contribution in [1.29, 1.82) is 0 Å². The summed E-state index contributed by atoms with van der Waals surface area (Å²) in [5.41, 5.74) is 0. The van der Waals surface area contributed by atoms with Gasteiger partial charge in [-0.1, -0.05) is 71.6 Å². The largest absolute Gasteiger partial charge is 0.344 e. The molecule has 0 aromatic rings. The molecular weight excluding hydrogens is 414 g/mol. The molecule has 188 valence electrons. The Morgan fingerprint density at radius 1 is 0.909 bits per heavy atom. The number of nitrogens with zero attached hydrogens (tertiary/aromatic N) is 2. The van der Waals surface area contributed by atoms with Crippen molar-refractivity contribution in [3.8, 4) is 0 Å². The third kappa shape index (κ3) is 7.45. The molecule has 1 N–H and O–H groups in total. The van der Waals surface area contributed by atoms with Gasteiger partial charge in [-0.25, -0.2) is 0 Å². The standard InChI is InChI=1S/C27H47N3O3/c1-4-20(2)26(28-24(31)15-13-22-9-5-6-10-22)27(33)29-17-18-30(21(3)19-29)25(32)16-14-23-11-7-8-12-23/h20-23,26H,4-19H2,1-3H3,(H,28,31). The van der Waals surface area contributed by atoms with Crippen LogP contribution in [0, 0.1) is 17.8 Å². The number of hydrogen-bond donors (Lipinski definition) is 1. The van der Waals surface area contributed by atoms with Crippen molar-refractivity contribution in [2.75, 3.05) is 19.6 Å². The Morgan fingerprint density at radius 3 is 2.03 bits per heavy atom. The smallest absolute Gasteiger partial charge is 0.245 e. The minimum absolute atomic E-state index is 0.00863. The summed E-state index contributed by atoms with van der Waals surface area (Å²) in [6.45, 7) is 7.87. The van der Waals surface area contributed by atoms with Gasteiger partial charge in [0, 0.05) is 38.5 Å². The maximum absolute atomic E-state index is 13.4. The molecule has 6 heteroatoms. The summed E-state index contributed by atoms with van der Waals surface area (Å²) in [6.07, 6.45) is 14.2. The first-order valence-electron chi connectivity index (χ1n) is 13.8. The molecule has 3 unspecified atom stereocenters. The Hall–Kier alpha value is -1.59. The molecule has 3 atom stereocenters. The van der Waals surface area contributed by atoms with Crippen molar-refractivity contribution >= 4 is 17.7 Å². The molecule has 3 amide bonds. The Balaban J connectivity index is 1.49. The average Bonchev–Trinajstić information content (AvgIpc) is 3.53. The van der Waals surface area contributed by atoms with Crippen LogP contribution in [-0.4, -0.2) is 59.2 Å². The molecule has 6 nitrogen and oxygen atoms in total. The van der Waals surface area contributed by atoms with E-state index in [0.29, 0.717) is 38.4 Å². The first-order valence-corrected chi connectivity index (χ1v) is 13.8. The summed E-state index contributed by atoms with van der Waals surface area (Å²) in [5, 5.41) is 3.08. The zero-order valence-electron chi connectivity index (χ0n) is 21.3. The highest BCUT2D eigenvalue weighted by Crippen LogP contribution is 2.30. The van der Waals surface area contributed by atoms with E-state index in [1.165, 1.54) is 51.4 Å². The monoisotopic (exact) mass is 461 g/mol. The molecule has 1 heterocycles. The van der Waals surface area contributed by atoms with Crippen molar-refractivity contribution in [3.63, 3.8) is 0 Å². The molecule has 0 radical (unpaired) electrons. The van der Waals surface area contributed by atoms with Gasteiger partial charge < -0.3 is 15.1 Å². The summed E-state index contributed by atoms with van der Waals surface area (Å²) in [6, 6.07) is -0.447. The van der Waals surface area contributed by atoms with E-state index in [2.05, 4.69) is 12.2 Å². The number of hydrogen-bond acceptors (Lipinski definition) is 3. The lowest BCUT2D eigenvalue weighted by Gasteiger charge is -2.41. The van der Waals surface area contributed by atoms with Crippen LogP contribution in [0.25, 0.3) is 0 Å². The van der Waals surface area contributed by atoms with Crippen LogP contribution in [0.4, 0.5) is 0 Å². The van der Waals surface area contributed by atoms with Crippen LogP contribution < -0.4 is 5.32 Å². The van der Waals surface area contributed by atoms with Crippen LogP contribution in [0.3, 0.4) is 0 Å². The molecule has 3 rings (SSSR count). The molecule has 0 aromatic carbocycles. The lowest BCUT2D eigenvalue weighted by molar-refractivity contribution is -0.145. The highest BCUT2D eigenvalue weighted by Gasteiger charge is 2.35. The van der Waals surface area contributed by atoms with Crippen LogP contribution in [0.15, 0.2) is 0 Å². The Bertz CT molecular complexity index is 655. The van der Waals surface area contributed by atoms with Crippen LogP contribution >= 0.6 is 0 Å². The number of amides is 3. The van der Waals surface area contributed by atoms with Gasteiger partial charge in [-0.15, -0.1) is 0 Å². The van der Waals surface area contributed by atoms with E-state index < -0.39 is 6.04 Å². The third-order valence-corrected chi connectivity index (χ3v) is 8.55. The fourth-order valence-corrected chi connectivity index (χ4v) is 6.06. The van der Waals surface area contributed by atoms with E-state index in [4.69, 9.17) is 0 Å². The maximum Gasteiger partial charge on any atom is 0.245 e. The minimum Gasteiger partial charge on any atom is -0.344 e. The zero-order chi connectivity index (χ0) is 23.8. The quantitative estimate of drug-likeness (QED) is 0.520. The molecule has 0 spiro atoms. The van der Waals surface area contributed by atoms with Gasteiger partial charge in [0.2, 0.25) is 17.7 Å². The van der Waals surface area contributed by atoms with Crippen LogP contribution in [0.2, 0.25) is 0 Å². The lowest BCUT2D eigenvalue weighted by Crippen LogP contribution is -2.60. The summed E-state index contributed by atoms with van der Waals surface area (Å²) in [4.78, 5) is 42.8. The molecular formula is C27H47N3O3. The first-order chi connectivity index (χ1) is 15.9. The molecule has 3 fully saturated rings. The van der Waals surface area contributed by atoms with E-state index in [-0.39, 0.29) is 29.7 Å². The highest BCUT2D eigenvalue weighted by atomic mass is 16.2. The van der Waals surface area contributed by atoms with Gasteiger partial charge in [0.15, 0.2) is 0 Å². The van der Waals surface area contributed by atoms with Crippen molar-refractivity contribution in [2.45, 2.75) is 116 Å². The molecule has 33 heavy (non-hydrogen) atoms. The highest BCUT2D eigenvalue weighted by molar-refractivity contribution is 5.88. The maximum atomic E-state index is 13.4. The van der Waals surface area contributed by atoms with Gasteiger partial charge in [0.05, 0.1) is 0 Å². The van der Waals surface area contributed by atoms with Crippen molar-refractivity contribution in [3.05, 3.63) is 0 Å². The summed E-state index contributed by atoms with van der Waals surface area (Å²) >= 11 is 0. The van der Waals surface area contributed by atoms with E-state index in [9.17, 15) is 14.4 Å². The summed E-state index contributed by atoms with van der Waals surface area (Å²) in [5.74, 6) is 1.75. The van der Waals surface area contributed by atoms with Crippen LogP contribution in [0.1, 0.15) is 104 Å². The van der Waals surface area contributed by atoms with Gasteiger partial charge in [-0.3, -0.25) is 14.4 Å². The number of nitrogens with one attached hydrogen (secondary N) is 1. The zero-order valence-corrected chi connectivity index (χ0v) is 21.3. The molecule has 1 saturated heterocycles. The number of piperazine rings is 1. The van der Waals surface area contributed by atoms with Gasteiger partial charge in [-0.05, 0) is 37.5 Å². The topological polar surface area (TPSA) is 69.7 Å². The van der Waals surface area contributed by atoms with E-state index >= 15 is 0 Å². The number of carbonyl (C=O) groups is 3. The van der Waals surface area contributed by atoms with Gasteiger partial charge in [-0.2, -0.15) is 0 Å². The van der Waals surface area contributed by atoms with Gasteiger partial charge >= 0.3 is 0 Å². The Morgan fingerprint density at radius 2 is 1.48 bits per heavy atom. The normalized spacial score (nSPS) is 24.2. The second-order valence-electron chi connectivity index (χ2n) is 11.0. The summed E-state index contributed by atoms with van der Waals surface area (Å²) in [7, 11) is 0. The molecule has 2 saturated carbocycles. The fraction of sp³-hybridized carbons (Fsp3) is 0.889. The number of rotatable bonds is 10. The van der Waals surface area contributed by atoms with Gasteiger partial charge in [0.25, 0.3) is 0 Å². The van der Waals surface area contributed by atoms with Gasteiger partial charge in [0.1, 0.15) is 6.04 Å². The lowest BCUT2D eigenvalue weighted by atomic mass is 9.96. The second kappa shape index (κ2) is 12.8. The van der Waals surface area contributed by atoms with E-state index in [1.54, 1.807) is 0 Å². The Labute approximate surface area is 201 Å². The van der Waals surface area contributed by atoms with Crippen molar-refractivity contribution in [1.82, 2.24) is 15.1 Å². The van der Waals surface area contributed by atoms with Crippen LogP contribution in [-0.2, 0) is 14.4 Å². The molecule has 1 aliphatic heterocycles. The van der Waals surface area contributed by atoms with Crippen molar-refractivity contribution in [2.24, 2.45) is 17.8 Å².